The number of imide groups is 1. The molecule has 4 rings (SSSR count). The highest BCUT2D eigenvalue weighted by Gasteiger charge is 2.40. The van der Waals surface area contributed by atoms with Crippen LogP contribution < -0.4 is 0 Å². The Hall–Kier alpha value is -3.97. The van der Waals surface area contributed by atoms with Gasteiger partial charge in [-0.15, -0.1) is 0 Å². The van der Waals surface area contributed by atoms with Crippen LogP contribution >= 0.6 is 11.6 Å². The number of fused-ring (bicyclic) bond motifs is 1. The van der Waals surface area contributed by atoms with Crippen LogP contribution in [-0.2, 0) is 0 Å². The minimum absolute atomic E-state index is 0.0271. The van der Waals surface area contributed by atoms with E-state index >= 15 is 0 Å². The summed E-state index contributed by atoms with van der Waals surface area (Å²) in [5.74, 6) is -4.79. The van der Waals surface area contributed by atoms with Gasteiger partial charge in [-0.1, -0.05) is 35.9 Å². The fraction of sp³-hybridized carbons (Fsp3) is 0. The van der Waals surface area contributed by atoms with Crippen LogP contribution in [0.15, 0.2) is 83.5 Å². The van der Waals surface area contributed by atoms with Crippen molar-refractivity contribution >= 4 is 35.0 Å². The van der Waals surface area contributed by atoms with E-state index in [0.717, 1.165) is 48.5 Å². The third-order valence-electron chi connectivity index (χ3n) is 4.85. The molecule has 0 spiro atoms. The normalized spacial score (nSPS) is 13.1. The van der Waals surface area contributed by atoms with Gasteiger partial charge < -0.3 is 0 Å². The van der Waals surface area contributed by atoms with Crippen LogP contribution in [0.25, 0.3) is 0 Å². The van der Waals surface area contributed by atoms with Gasteiger partial charge in [-0.2, -0.15) is 0 Å². The molecule has 5 nitrogen and oxygen atoms in total. The van der Waals surface area contributed by atoms with Crippen LogP contribution in [0.5, 0.6) is 0 Å². The number of ketones is 2. The molecule has 0 bridgehead atoms. The number of carbonyl (C=O) groups is 4. The summed E-state index contributed by atoms with van der Waals surface area (Å²) in [6, 6.07) is 14.4. The number of nitrogens with zero attached hydrogens (tertiary/aromatic N) is 1. The number of hydrogen-bond donors (Lipinski definition) is 0. The molecule has 8 heteroatoms. The molecule has 0 unspecified atom stereocenters. The highest BCUT2D eigenvalue weighted by atomic mass is 35.5. The van der Waals surface area contributed by atoms with E-state index in [4.69, 9.17) is 11.6 Å². The van der Waals surface area contributed by atoms with Gasteiger partial charge in [-0.3, -0.25) is 19.2 Å². The molecule has 1 aliphatic carbocycles. The van der Waals surface area contributed by atoms with Gasteiger partial charge in [-0.05, 0) is 48.5 Å². The summed E-state index contributed by atoms with van der Waals surface area (Å²) >= 11 is 6.21. The number of Topliss-reactive ketones (excluding diaryl/α,β-unsaturated/α-hetero) is 2. The van der Waals surface area contributed by atoms with E-state index in [0.29, 0.717) is 4.90 Å². The molecule has 3 aromatic carbocycles. The number of carbonyl (C=O) groups excluding carboxylic acids is 4. The van der Waals surface area contributed by atoms with Crippen molar-refractivity contribution in [3.05, 3.63) is 117 Å². The third kappa shape index (κ3) is 3.63. The first-order valence-corrected chi connectivity index (χ1v) is 9.65. The zero-order valence-corrected chi connectivity index (χ0v) is 16.9. The predicted octanol–water partition coefficient (Wildman–Crippen LogP) is 4.78. The summed E-state index contributed by atoms with van der Waals surface area (Å²) in [5.41, 5.74) is -0.870. The summed E-state index contributed by atoms with van der Waals surface area (Å²) in [6.07, 6.45) is 0. The van der Waals surface area contributed by atoms with E-state index in [9.17, 15) is 28.0 Å². The Morgan fingerprint density at radius 1 is 0.656 bits per heavy atom. The lowest BCUT2D eigenvalue weighted by Gasteiger charge is -2.27. The summed E-state index contributed by atoms with van der Waals surface area (Å²) in [4.78, 5) is 53.1. The van der Waals surface area contributed by atoms with Gasteiger partial charge in [0.15, 0.2) is 0 Å². The van der Waals surface area contributed by atoms with Crippen molar-refractivity contribution in [2.75, 3.05) is 0 Å². The molecule has 3 aromatic rings. The Balaban J connectivity index is 1.90. The van der Waals surface area contributed by atoms with Crippen molar-refractivity contribution in [3.8, 4) is 0 Å². The highest BCUT2D eigenvalue weighted by Crippen LogP contribution is 2.32. The average molecular weight is 452 g/mol. The number of benzene rings is 3. The SMILES string of the molecule is O=C1C(Cl)=C(N(C(=O)c2ccc(F)cc2)C(=O)c2ccc(F)cc2)C(=O)c2ccccc21. The molecular weight excluding hydrogens is 440 g/mol. The first-order valence-electron chi connectivity index (χ1n) is 9.27. The van der Waals surface area contributed by atoms with Crippen LogP contribution in [0.4, 0.5) is 8.78 Å². The molecule has 1 aliphatic rings. The molecular formula is C24H12ClF2NO4. The molecule has 0 saturated heterocycles. The molecule has 32 heavy (non-hydrogen) atoms. The minimum Gasteiger partial charge on any atom is -0.287 e. The van der Waals surface area contributed by atoms with Crippen molar-refractivity contribution in [2.24, 2.45) is 0 Å². The molecule has 0 aromatic heterocycles. The topological polar surface area (TPSA) is 71.5 Å². The summed E-state index contributed by atoms with van der Waals surface area (Å²) in [6.45, 7) is 0. The lowest BCUT2D eigenvalue weighted by atomic mass is 9.91. The van der Waals surface area contributed by atoms with Crippen molar-refractivity contribution in [3.63, 3.8) is 0 Å². The van der Waals surface area contributed by atoms with Crippen molar-refractivity contribution in [1.29, 1.82) is 0 Å². The Morgan fingerprint density at radius 3 is 1.50 bits per heavy atom. The minimum atomic E-state index is -1.01. The van der Waals surface area contributed by atoms with Gasteiger partial charge >= 0.3 is 0 Å². The lowest BCUT2D eigenvalue weighted by molar-refractivity contribution is 0.0641. The van der Waals surface area contributed by atoms with E-state index in [-0.39, 0.29) is 22.3 Å². The lowest BCUT2D eigenvalue weighted by Crippen LogP contribution is -2.41. The first kappa shape index (κ1) is 21.3. The number of rotatable bonds is 3. The molecule has 0 atom stereocenters. The van der Waals surface area contributed by atoms with Crippen LogP contribution in [-0.4, -0.2) is 28.3 Å². The zero-order chi connectivity index (χ0) is 23.0. The van der Waals surface area contributed by atoms with Crippen LogP contribution in [0, 0.1) is 11.6 Å². The second-order valence-corrected chi connectivity index (χ2v) is 7.20. The molecule has 0 heterocycles. The maximum absolute atomic E-state index is 13.4. The van der Waals surface area contributed by atoms with Gasteiger partial charge in [-0.25, -0.2) is 13.7 Å². The molecule has 2 amide bonds. The molecule has 158 valence electrons. The summed E-state index contributed by atoms with van der Waals surface area (Å²) in [5, 5.41) is -0.611. The zero-order valence-electron chi connectivity index (χ0n) is 16.1. The Morgan fingerprint density at radius 2 is 1.06 bits per heavy atom. The maximum Gasteiger partial charge on any atom is 0.265 e. The van der Waals surface area contributed by atoms with Gasteiger partial charge in [0.2, 0.25) is 11.6 Å². The van der Waals surface area contributed by atoms with E-state index in [1.165, 1.54) is 18.2 Å². The van der Waals surface area contributed by atoms with Gasteiger partial charge in [0.1, 0.15) is 22.4 Å². The number of allylic oxidation sites excluding steroid dienone is 2. The number of hydrogen-bond acceptors (Lipinski definition) is 4. The quantitative estimate of drug-likeness (QED) is 0.537. The second kappa shape index (κ2) is 8.28. The van der Waals surface area contributed by atoms with Crippen molar-refractivity contribution in [2.45, 2.75) is 0 Å². The van der Waals surface area contributed by atoms with Crippen LogP contribution in [0.2, 0.25) is 0 Å². The van der Waals surface area contributed by atoms with Gasteiger partial charge in [0, 0.05) is 22.3 Å². The number of amides is 2. The van der Waals surface area contributed by atoms with E-state index in [2.05, 4.69) is 0 Å². The summed E-state index contributed by atoms with van der Waals surface area (Å²) in [7, 11) is 0. The smallest absolute Gasteiger partial charge is 0.265 e. The van der Waals surface area contributed by atoms with E-state index < -0.39 is 45.7 Å². The Labute approximate surface area is 185 Å². The predicted molar refractivity (Wildman–Crippen MR) is 111 cm³/mol. The molecule has 0 saturated carbocycles. The highest BCUT2D eigenvalue weighted by molar-refractivity contribution is 6.50. The third-order valence-corrected chi connectivity index (χ3v) is 5.20. The van der Waals surface area contributed by atoms with Gasteiger partial charge in [0.25, 0.3) is 11.8 Å². The first-order chi connectivity index (χ1) is 15.3. The maximum atomic E-state index is 13.4. The largest absolute Gasteiger partial charge is 0.287 e. The number of halogens is 3. The Kier molecular flexibility index (Phi) is 5.50. The van der Waals surface area contributed by atoms with Crippen LogP contribution in [0.3, 0.4) is 0 Å². The molecule has 0 fully saturated rings. The Bertz CT molecular complexity index is 1260. The van der Waals surface area contributed by atoms with Crippen molar-refractivity contribution < 1.29 is 28.0 Å². The molecule has 0 aliphatic heterocycles. The van der Waals surface area contributed by atoms with Gasteiger partial charge in [0.05, 0.1) is 0 Å². The fourth-order valence-corrected chi connectivity index (χ4v) is 3.54. The van der Waals surface area contributed by atoms with E-state index in [1.807, 2.05) is 0 Å². The van der Waals surface area contributed by atoms with Crippen LogP contribution in [0.1, 0.15) is 41.4 Å². The van der Waals surface area contributed by atoms with E-state index in [1.54, 1.807) is 6.07 Å². The second-order valence-electron chi connectivity index (χ2n) is 6.83. The molecule has 0 radical (unpaired) electrons. The van der Waals surface area contributed by atoms with Crippen molar-refractivity contribution in [1.82, 2.24) is 4.90 Å². The fourth-order valence-electron chi connectivity index (χ4n) is 3.27. The average Bonchev–Trinajstić information content (AvgIpc) is 2.80. The molecule has 0 N–H and O–H groups in total. The monoisotopic (exact) mass is 451 g/mol. The standard InChI is InChI=1S/C24H12ClF2NO4/c25-19-20(22(30)18-4-2-1-3-17(18)21(19)29)28(23(31)13-5-9-15(26)10-6-13)24(32)14-7-11-16(27)12-8-14/h1-12H. The summed E-state index contributed by atoms with van der Waals surface area (Å²) < 4.78 is 26.7.